The monoisotopic (exact) mass is 410 g/mol. The number of amides is 1. The van der Waals surface area contributed by atoms with Crippen LogP contribution in [-0.4, -0.2) is 34.4 Å². The fourth-order valence-electron chi connectivity index (χ4n) is 1.84. The van der Waals surface area contributed by atoms with Gasteiger partial charge in [-0.1, -0.05) is 17.7 Å². The number of non-ortho nitro benzene ring substituents is 1. The van der Waals surface area contributed by atoms with Gasteiger partial charge < -0.3 is 15.4 Å². The predicted octanol–water partition coefficient (Wildman–Crippen LogP) is 3.49. The normalized spacial score (nSPS) is 11.3. The van der Waals surface area contributed by atoms with E-state index in [1.54, 1.807) is 6.08 Å². The van der Waals surface area contributed by atoms with Gasteiger partial charge in [-0.25, -0.2) is 9.78 Å². The summed E-state index contributed by atoms with van der Waals surface area (Å²) in [5.41, 5.74) is 0.0289. The standard InChI is InChI=1S/C16H15ClN4O5S/c1-3-6-18-16-20-13(8-27-16)15(23)26-9(2)14(22)19-12-5-4-10(21(24)25)7-11(12)17/h3-5,7-9H,1,6H2,2H3,(H,18,20)(H,19,22). The Morgan fingerprint density at radius 3 is 2.89 bits per heavy atom. The van der Waals surface area contributed by atoms with Gasteiger partial charge in [0, 0.05) is 24.1 Å². The van der Waals surface area contributed by atoms with E-state index in [1.807, 2.05) is 0 Å². The highest BCUT2D eigenvalue weighted by atomic mass is 35.5. The fourth-order valence-corrected chi connectivity index (χ4v) is 2.75. The lowest BCUT2D eigenvalue weighted by molar-refractivity contribution is -0.384. The molecule has 0 radical (unpaired) electrons. The minimum atomic E-state index is -1.13. The number of anilines is 2. The molecule has 1 atom stereocenters. The van der Waals surface area contributed by atoms with Crippen LogP contribution in [-0.2, 0) is 9.53 Å². The van der Waals surface area contributed by atoms with E-state index in [4.69, 9.17) is 16.3 Å². The number of ether oxygens (including phenoxy) is 1. The van der Waals surface area contributed by atoms with Crippen molar-refractivity contribution in [1.29, 1.82) is 0 Å². The number of carbonyl (C=O) groups excluding carboxylic acids is 2. The molecule has 1 heterocycles. The zero-order valence-corrected chi connectivity index (χ0v) is 15.7. The van der Waals surface area contributed by atoms with Crippen LogP contribution in [0.25, 0.3) is 0 Å². The number of nitro groups is 1. The van der Waals surface area contributed by atoms with Crippen molar-refractivity contribution >= 4 is 51.3 Å². The highest BCUT2D eigenvalue weighted by Crippen LogP contribution is 2.27. The quantitative estimate of drug-likeness (QED) is 0.295. The van der Waals surface area contributed by atoms with Crippen molar-refractivity contribution in [2.75, 3.05) is 17.2 Å². The Balaban J connectivity index is 1.97. The second-order valence-electron chi connectivity index (χ2n) is 5.17. The Labute approximate surface area is 163 Å². The van der Waals surface area contributed by atoms with Crippen molar-refractivity contribution in [3.05, 3.63) is 57.1 Å². The SMILES string of the molecule is C=CCNc1nc(C(=O)OC(C)C(=O)Nc2ccc([N+](=O)[O-])cc2Cl)cs1. The molecule has 2 rings (SSSR count). The summed E-state index contributed by atoms with van der Waals surface area (Å²) in [4.78, 5) is 38.4. The Bertz CT molecular complexity index is 885. The third-order valence-corrected chi connectivity index (χ3v) is 4.30. The molecule has 142 valence electrons. The summed E-state index contributed by atoms with van der Waals surface area (Å²) >= 11 is 7.14. The summed E-state index contributed by atoms with van der Waals surface area (Å²) < 4.78 is 5.08. The summed E-state index contributed by atoms with van der Waals surface area (Å²) in [5.74, 6) is -1.39. The van der Waals surface area contributed by atoms with E-state index in [-0.39, 0.29) is 22.1 Å². The molecule has 2 N–H and O–H groups in total. The van der Waals surface area contributed by atoms with E-state index in [2.05, 4.69) is 22.2 Å². The molecule has 2 aromatic rings. The summed E-state index contributed by atoms with van der Waals surface area (Å²) in [6.45, 7) is 5.45. The molecular weight excluding hydrogens is 396 g/mol. The minimum Gasteiger partial charge on any atom is -0.448 e. The van der Waals surface area contributed by atoms with E-state index in [0.717, 1.165) is 6.07 Å². The summed E-state index contributed by atoms with van der Waals surface area (Å²) in [6.07, 6.45) is 0.518. The first-order chi connectivity index (χ1) is 12.8. The highest BCUT2D eigenvalue weighted by Gasteiger charge is 2.22. The van der Waals surface area contributed by atoms with Gasteiger partial charge in [0.05, 0.1) is 15.6 Å². The largest absolute Gasteiger partial charge is 0.448 e. The van der Waals surface area contributed by atoms with Crippen molar-refractivity contribution < 1.29 is 19.2 Å². The number of aromatic nitrogens is 1. The number of hydrogen-bond acceptors (Lipinski definition) is 8. The molecule has 0 aliphatic rings. The van der Waals surface area contributed by atoms with Gasteiger partial charge in [0.15, 0.2) is 16.9 Å². The summed E-state index contributed by atoms with van der Waals surface area (Å²) in [7, 11) is 0. The average Bonchev–Trinajstić information content (AvgIpc) is 3.10. The van der Waals surface area contributed by atoms with Crippen LogP contribution in [0.4, 0.5) is 16.5 Å². The number of nitrogens with zero attached hydrogens (tertiary/aromatic N) is 2. The van der Waals surface area contributed by atoms with Gasteiger partial charge >= 0.3 is 5.97 Å². The van der Waals surface area contributed by atoms with Crippen LogP contribution in [0, 0.1) is 10.1 Å². The van der Waals surface area contributed by atoms with E-state index >= 15 is 0 Å². The maximum atomic E-state index is 12.2. The van der Waals surface area contributed by atoms with Crippen LogP contribution in [0.5, 0.6) is 0 Å². The molecule has 0 fully saturated rings. The lowest BCUT2D eigenvalue weighted by Crippen LogP contribution is -2.30. The van der Waals surface area contributed by atoms with Gasteiger partial charge in [0.2, 0.25) is 0 Å². The fraction of sp³-hybridized carbons (Fsp3) is 0.188. The molecule has 11 heteroatoms. The maximum Gasteiger partial charge on any atom is 0.358 e. The van der Waals surface area contributed by atoms with Crippen molar-refractivity contribution in [3.8, 4) is 0 Å². The predicted molar refractivity (Wildman–Crippen MR) is 102 cm³/mol. The first kappa shape index (κ1) is 20.3. The number of nitrogens with one attached hydrogen (secondary N) is 2. The average molecular weight is 411 g/mol. The molecule has 0 aliphatic heterocycles. The minimum absolute atomic E-state index is 0.00601. The number of thiazole rings is 1. The Kier molecular flexibility index (Phi) is 6.85. The van der Waals surface area contributed by atoms with Crippen LogP contribution < -0.4 is 10.6 Å². The van der Waals surface area contributed by atoms with Crippen LogP contribution in [0.3, 0.4) is 0 Å². The van der Waals surface area contributed by atoms with Gasteiger partial charge in [-0.3, -0.25) is 14.9 Å². The highest BCUT2D eigenvalue weighted by molar-refractivity contribution is 7.13. The van der Waals surface area contributed by atoms with Gasteiger partial charge in [-0.15, -0.1) is 17.9 Å². The van der Waals surface area contributed by atoms with Gasteiger partial charge in [0.1, 0.15) is 0 Å². The molecule has 0 bridgehead atoms. The Morgan fingerprint density at radius 2 is 2.26 bits per heavy atom. The molecule has 1 unspecified atom stereocenters. The molecule has 27 heavy (non-hydrogen) atoms. The number of carbonyl (C=O) groups is 2. The number of halogens is 1. The zero-order valence-electron chi connectivity index (χ0n) is 14.1. The molecule has 1 aromatic carbocycles. The van der Waals surface area contributed by atoms with E-state index in [1.165, 1.54) is 35.8 Å². The number of esters is 1. The number of benzene rings is 1. The lowest BCUT2D eigenvalue weighted by atomic mass is 10.2. The smallest absolute Gasteiger partial charge is 0.358 e. The third-order valence-electron chi connectivity index (χ3n) is 3.19. The number of rotatable bonds is 8. The lowest BCUT2D eigenvalue weighted by Gasteiger charge is -2.13. The molecule has 0 spiro atoms. The third kappa shape index (κ3) is 5.50. The van der Waals surface area contributed by atoms with Crippen molar-refractivity contribution in [1.82, 2.24) is 4.98 Å². The van der Waals surface area contributed by atoms with Crippen LogP contribution in [0.15, 0.2) is 36.2 Å². The van der Waals surface area contributed by atoms with Crippen molar-refractivity contribution in [2.45, 2.75) is 13.0 Å². The molecular formula is C16H15ClN4O5S. The van der Waals surface area contributed by atoms with Crippen LogP contribution in [0.1, 0.15) is 17.4 Å². The van der Waals surface area contributed by atoms with E-state index < -0.39 is 22.9 Å². The Hall–Kier alpha value is -2.98. The van der Waals surface area contributed by atoms with E-state index in [0.29, 0.717) is 11.7 Å². The van der Waals surface area contributed by atoms with Crippen molar-refractivity contribution in [2.24, 2.45) is 0 Å². The molecule has 1 aromatic heterocycles. The summed E-state index contributed by atoms with van der Waals surface area (Å²) in [5, 5.41) is 18.1. The van der Waals surface area contributed by atoms with Gasteiger partial charge in [-0.2, -0.15) is 0 Å². The van der Waals surface area contributed by atoms with Gasteiger partial charge in [0.25, 0.3) is 11.6 Å². The van der Waals surface area contributed by atoms with Crippen LogP contribution >= 0.6 is 22.9 Å². The molecule has 0 aliphatic carbocycles. The van der Waals surface area contributed by atoms with Gasteiger partial charge in [-0.05, 0) is 13.0 Å². The number of nitro benzene ring substituents is 1. The second kappa shape index (κ2) is 9.10. The summed E-state index contributed by atoms with van der Waals surface area (Å²) in [6, 6.07) is 3.61. The molecule has 1 amide bonds. The second-order valence-corrected chi connectivity index (χ2v) is 6.43. The molecule has 9 nitrogen and oxygen atoms in total. The Morgan fingerprint density at radius 1 is 1.52 bits per heavy atom. The van der Waals surface area contributed by atoms with Crippen LogP contribution in [0.2, 0.25) is 5.02 Å². The topological polar surface area (TPSA) is 123 Å². The zero-order chi connectivity index (χ0) is 20.0. The maximum absolute atomic E-state index is 12.2. The first-order valence-electron chi connectivity index (χ1n) is 7.58. The molecule has 0 saturated heterocycles. The van der Waals surface area contributed by atoms with Crippen molar-refractivity contribution in [3.63, 3.8) is 0 Å². The molecule has 0 saturated carbocycles. The first-order valence-corrected chi connectivity index (χ1v) is 8.83. The van der Waals surface area contributed by atoms with E-state index in [9.17, 15) is 19.7 Å². The number of hydrogen-bond donors (Lipinski definition) is 2.